The highest BCUT2D eigenvalue weighted by Gasteiger charge is 2.31. The molecular formula is C16H21N3O5S. The molecule has 1 aromatic carbocycles. The summed E-state index contributed by atoms with van der Waals surface area (Å²) in [5.41, 5.74) is 0.162. The van der Waals surface area contributed by atoms with Crippen molar-refractivity contribution < 1.29 is 22.7 Å². The van der Waals surface area contributed by atoms with Gasteiger partial charge in [-0.25, -0.2) is 13.1 Å². The summed E-state index contributed by atoms with van der Waals surface area (Å²) in [6, 6.07) is 3.54. The highest BCUT2D eigenvalue weighted by molar-refractivity contribution is 7.89. The molecule has 25 heavy (non-hydrogen) atoms. The van der Waals surface area contributed by atoms with Gasteiger partial charge in [0.15, 0.2) is 0 Å². The van der Waals surface area contributed by atoms with Crippen LogP contribution in [0.25, 0.3) is 0 Å². The van der Waals surface area contributed by atoms with E-state index in [1.165, 1.54) is 25.3 Å². The lowest BCUT2D eigenvalue weighted by Gasteiger charge is -2.23. The number of hydrogen-bond donors (Lipinski definition) is 3. The van der Waals surface area contributed by atoms with E-state index in [1.807, 2.05) is 0 Å². The first kappa shape index (κ1) is 17.7. The largest absolute Gasteiger partial charge is 0.495 e. The Labute approximate surface area is 146 Å². The number of benzene rings is 1. The fourth-order valence-electron chi connectivity index (χ4n) is 2.66. The second-order valence-electron chi connectivity index (χ2n) is 6.22. The summed E-state index contributed by atoms with van der Waals surface area (Å²) in [6.07, 6.45) is 2.95. The minimum Gasteiger partial charge on any atom is -0.495 e. The molecular weight excluding hydrogens is 346 g/mol. The molecule has 3 rings (SSSR count). The van der Waals surface area contributed by atoms with E-state index in [0.29, 0.717) is 13.0 Å². The molecule has 0 radical (unpaired) electrons. The molecule has 0 spiro atoms. The molecule has 2 amide bonds. The molecule has 2 fully saturated rings. The molecule has 1 atom stereocenters. The summed E-state index contributed by atoms with van der Waals surface area (Å²) in [5, 5.41) is 5.34. The number of piperidine rings is 1. The molecule has 1 unspecified atom stereocenters. The Morgan fingerprint density at radius 3 is 2.68 bits per heavy atom. The van der Waals surface area contributed by atoms with Crippen LogP contribution in [0.4, 0.5) is 0 Å². The van der Waals surface area contributed by atoms with Gasteiger partial charge in [0.25, 0.3) is 5.91 Å². The number of rotatable bonds is 6. The van der Waals surface area contributed by atoms with Crippen molar-refractivity contribution in [3.05, 3.63) is 23.8 Å². The normalized spacial score (nSPS) is 20.7. The maximum atomic E-state index is 12.5. The van der Waals surface area contributed by atoms with Crippen LogP contribution in [0.15, 0.2) is 23.1 Å². The van der Waals surface area contributed by atoms with Crippen molar-refractivity contribution in [2.75, 3.05) is 13.7 Å². The summed E-state index contributed by atoms with van der Waals surface area (Å²) in [5.74, 6) is -0.552. The van der Waals surface area contributed by atoms with Crippen molar-refractivity contribution in [2.24, 2.45) is 0 Å². The van der Waals surface area contributed by atoms with Gasteiger partial charge in [-0.3, -0.25) is 9.59 Å². The van der Waals surface area contributed by atoms with Crippen molar-refractivity contribution in [3.8, 4) is 5.75 Å². The maximum Gasteiger partial charge on any atom is 0.251 e. The molecule has 0 aromatic heterocycles. The number of methoxy groups -OCH3 is 1. The van der Waals surface area contributed by atoms with Crippen LogP contribution in [0.2, 0.25) is 0 Å². The molecule has 1 aliphatic heterocycles. The van der Waals surface area contributed by atoms with E-state index in [2.05, 4.69) is 15.4 Å². The van der Waals surface area contributed by atoms with E-state index in [9.17, 15) is 18.0 Å². The first-order valence-corrected chi connectivity index (χ1v) is 9.68. The van der Waals surface area contributed by atoms with Gasteiger partial charge in [0, 0.05) is 18.2 Å². The monoisotopic (exact) mass is 367 g/mol. The quantitative estimate of drug-likeness (QED) is 0.662. The van der Waals surface area contributed by atoms with E-state index in [-0.39, 0.29) is 28.2 Å². The van der Waals surface area contributed by atoms with Gasteiger partial charge in [-0.1, -0.05) is 0 Å². The summed E-state index contributed by atoms with van der Waals surface area (Å²) in [4.78, 5) is 24.1. The molecule has 1 aliphatic carbocycles. The predicted octanol–water partition coefficient (Wildman–Crippen LogP) is 0.144. The molecule has 1 heterocycles. The second-order valence-corrected chi connectivity index (χ2v) is 7.90. The van der Waals surface area contributed by atoms with Crippen LogP contribution < -0.4 is 20.1 Å². The number of hydrogen-bond acceptors (Lipinski definition) is 5. The molecule has 2 aliphatic rings. The standard InChI is InChI=1S/C16H21N3O5S/c1-24-13-7-4-10(9-14(13)25(22,23)19-11-5-6-11)15(20)18-12-3-2-8-17-16(12)21/h4,7,9,11-12,19H,2-3,5-6,8H2,1H3,(H,17,21)(H,18,20). The minimum absolute atomic E-state index is 0.0573. The van der Waals surface area contributed by atoms with Gasteiger partial charge >= 0.3 is 0 Å². The average Bonchev–Trinajstić information content (AvgIpc) is 3.39. The third-order valence-electron chi connectivity index (χ3n) is 4.21. The van der Waals surface area contributed by atoms with Crippen LogP contribution in [0.5, 0.6) is 5.75 Å². The lowest BCUT2D eigenvalue weighted by Crippen LogP contribution is -2.50. The van der Waals surface area contributed by atoms with Crippen LogP contribution in [0, 0.1) is 0 Å². The number of nitrogens with one attached hydrogen (secondary N) is 3. The summed E-state index contributed by atoms with van der Waals surface area (Å²) >= 11 is 0. The average molecular weight is 367 g/mol. The predicted molar refractivity (Wildman–Crippen MR) is 89.8 cm³/mol. The van der Waals surface area contributed by atoms with Crippen molar-refractivity contribution in [3.63, 3.8) is 0 Å². The van der Waals surface area contributed by atoms with Gasteiger partial charge in [0.2, 0.25) is 15.9 Å². The van der Waals surface area contributed by atoms with Crippen molar-refractivity contribution >= 4 is 21.8 Å². The topological polar surface area (TPSA) is 114 Å². The first-order valence-electron chi connectivity index (χ1n) is 8.19. The zero-order valence-electron chi connectivity index (χ0n) is 13.9. The summed E-state index contributed by atoms with van der Waals surface area (Å²) in [7, 11) is -2.40. The Balaban J connectivity index is 1.83. The van der Waals surface area contributed by atoms with Crippen molar-refractivity contribution in [1.82, 2.24) is 15.4 Å². The lowest BCUT2D eigenvalue weighted by atomic mass is 10.1. The fourth-order valence-corrected chi connectivity index (χ4v) is 4.16. The second kappa shape index (κ2) is 7.01. The number of sulfonamides is 1. The molecule has 3 N–H and O–H groups in total. The Kier molecular flexibility index (Phi) is 4.96. The summed E-state index contributed by atoms with van der Waals surface area (Å²) in [6.45, 7) is 0.600. The van der Waals surface area contributed by atoms with Gasteiger partial charge < -0.3 is 15.4 Å². The minimum atomic E-state index is -3.77. The lowest BCUT2D eigenvalue weighted by molar-refractivity contribution is -0.124. The highest BCUT2D eigenvalue weighted by atomic mass is 32.2. The first-order chi connectivity index (χ1) is 11.9. The molecule has 1 saturated carbocycles. The Bertz CT molecular complexity index is 789. The molecule has 8 nitrogen and oxygen atoms in total. The zero-order chi connectivity index (χ0) is 18.0. The smallest absolute Gasteiger partial charge is 0.251 e. The molecule has 0 bridgehead atoms. The van der Waals surface area contributed by atoms with E-state index >= 15 is 0 Å². The van der Waals surface area contributed by atoms with Crippen molar-refractivity contribution in [1.29, 1.82) is 0 Å². The van der Waals surface area contributed by atoms with Crippen LogP contribution >= 0.6 is 0 Å². The van der Waals surface area contributed by atoms with Gasteiger partial charge in [-0.15, -0.1) is 0 Å². The molecule has 136 valence electrons. The van der Waals surface area contributed by atoms with E-state index in [0.717, 1.165) is 19.3 Å². The van der Waals surface area contributed by atoms with Crippen molar-refractivity contribution in [2.45, 2.75) is 42.7 Å². The number of carbonyl (C=O) groups is 2. The third kappa shape index (κ3) is 4.10. The fraction of sp³-hybridized carbons (Fsp3) is 0.500. The van der Waals surface area contributed by atoms with Gasteiger partial charge in [-0.05, 0) is 43.9 Å². The van der Waals surface area contributed by atoms with Crippen LogP contribution in [-0.4, -0.2) is 46.0 Å². The van der Waals surface area contributed by atoms with E-state index in [4.69, 9.17) is 4.74 Å². The van der Waals surface area contributed by atoms with E-state index < -0.39 is 22.0 Å². The third-order valence-corrected chi connectivity index (χ3v) is 5.75. The SMILES string of the molecule is COc1ccc(C(=O)NC2CCCNC2=O)cc1S(=O)(=O)NC1CC1. The highest BCUT2D eigenvalue weighted by Crippen LogP contribution is 2.28. The number of carbonyl (C=O) groups excluding carboxylic acids is 2. The van der Waals surface area contributed by atoms with Gasteiger partial charge in [-0.2, -0.15) is 0 Å². The Morgan fingerprint density at radius 2 is 2.04 bits per heavy atom. The van der Waals surface area contributed by atoms with Crippen LogP contribution in [0.3, 0.4) is 0 Å². The van der Waals surface area contributed by atoms with Crippen LogP contribution in [-0.2, 0) is 14.8 Å². The number of ether oxygens (including phenoxy) is 1. The van der Waals surface area contributed by atoms with Gasteiger partial charge in [0.05, 0.1) is 7.11 Å². The van der Waals surface area contributed by atoms with Crippen LogP contribution in [0.1, 0.15) is 36.0 Å². The zero-order valence-corrected chi connectivity index (χ0v) is 14.7. The van der Waals surface area contributed by atoms with E-state index in [1.54, 1.807) is 0 Å². The Morgan fingerprint density at radius 1 is 1.28 bits per heavy atom. The summed E-state index contributed by atoms with van der Waals surface area (Å²) < 4.78 is 32.7. The van der Waals surface area contributed by atoms with Gasteiger partial charge in [0.1, 0.15) is 16.7 Å². The maximum absolute atomic E-state index is 12.5. The molecule has 1 aromatic rings. The number of amides is 2. The molecule has 9 heteroatoms. The molecule has 1 saturated heterocycles. The Hall–Kier alpha value is -2.13.